The van der Waals surface area contributed by atoms with Crippen LogP contribution in [-0.2, 0) is 16.1 Å². The highest BCUT2D eigenvalue weighted by molar-refractivity contribution is 5.76. The lowest BCUT2D eigenvalue weighted by molar-refractivity contribution is -0.134. The standard InChI is InChI=1S/C15H19N5O3/c1-20(14(21)8-12-9-17-6-7-22-12)10-13-18-15(19-23-13)11-2-4-16-5-3-11/h2-5,12,17H,6-10H2,1H3/t12-/m0/s1. The fourth-order valence-corrected chi connectivity index (χ4v) is 2.33. The molecule has 1 fully saturated rings. The first kappa shape index (κ1) is 15.6. The molecule has 1 amide bonds. The zero-order valence-electron chi connectivity index (χ0n) is 12.9. The molecule has 0 unspecified atom stereocenters. The zero-order chi connectivity index (χ0) is 16.1. The minimum Gasteiger partial charge on any atom is -0.375 e. The summed E-state index contributed by atoms with van der Waals surface area (Å²) < 4.78 is 10.8. The maximum Gasteiger partial charge on any atom is 0.246 e. The maximum atomic E-state index is 12.2. The van der Waals surface area contributed by atoms with Gasteiger partial charge in [0, 0.05) is 38.1 Å². The molecule has 0 spiro atoms. The summed E-state index contributed by atoms with van der Waals surface area (Å²) in [4.78, 5) is 22.0. The Morgan fingerprint density at radius 3 is 3.00 bits per heavy atom. The van der Waals surface area contributed by atoms with Crippen molar-refractivity contribution >= 4 is 5.91 Å². The lowest BCUT2D eigenvalue weighted by atomic mass is 10.2. The Labute approximate surface area is 133 Å². The highest BCUT2D eigenvalue weighted by Gasteiger charge is 2.21. The van der Waals surface area contributed by atoms with Gasteiger partial charge in [-0.15, -0.1) is 0 Å². The molecule has 0 bridgehead atoms. The summed E-state index contributed by atoms with van der Waals surface area (Å²) in [7, 11) is 1.72. The first-order chi connectivity index (χ1) is 11.2. The quantitative estimate of drug-likeness (QED) is 0.856. The van der Waals surface area contributed by atoms with Gasteiger partial charge >= 0.3 is 0 Å². The fourth-order valence-electron chi connectivity index (χ4n) is 2.33. The molecule has 0 radical (unpaired) electrons. The minimum absolute atomic E-state index is 0.0117. The van der Waals surface area contributed by atoms with Crippen LogP contribution in [-0.4, -0.2) is 58.8 Å². The molecule has 1 aliphatic rings. The second-order valence-corrected chi connectivity index (χ2v) is 5.40. The van der Waals surface area contributed by atoms with Gasteiger partial charge in [-0.1, -0.05) is 5.16 Å². The van der Waals surface area contributed by atoms with Crippen molar-refractivity contribution in [1.82, 2.24) is 25.3 Å². The fraction of sp³-hybridized carbons (Fsp3) is 0.467. The number of carbonyl (C=O) groups is 1. The molecule has 1 aliphatic heterocycles. The molecule has 0 saturated carbocycles. The third kappa shape index (κ3) is 4.11. The molecular weight excluding hydrogens is 298 g/mol. The predicted octanol–water partition coefficient (Wildman–Crippen LogP) is 0.468. The number of amides is 1. The third-order valence-corrected chi connectivity index (χ3v) is 3.61. The Kier molecular flexibility index (Phi) is 4.94. The van der Waals surface area contributed by atoms with E-state index >= 15 is 0 Å². The van der Waals surface area contributed by atoms with Crippen LogP contribution in [0.25, 0.3) is 11.4 Å². The van der Waals surface area contributed by atoms with E-state index in [4.69, 9.17) is 9.26 Å². The first-order valence-electron chi connectivity index (χ1n) is 7.51. The third-order valence-electron chi connectivity index (χ3n) is 3.61. The minimum atomic E-state index is -0.0752. The van der Waals surface area contributed by atoms with E-state index in [9.17, 15) is 4.79 Å². The number of hydrogen-bond donors (Lipinski definition) is 1. The van der Waals surface area contributed by atoms with Crippen molar-refractivity contribution in [2.75, 3.05) is 26.7 Å². The van der Waals surface area contributed by atoms with Gasteiger partial charge in [-0.2, -0.15) is 4.98 Å². The van der Waals surface area contributed by atoms with Crippen LogP contribution >= 0.6 is 0 Å². The normalized spacial score (nSPS) is 17.9. The van der Waals surface area contributed by atoms with Crippen molar-refractivity contribution in [2.45, 2.75) is 19.1 Å². The van der Waals surface area contributed by atoms with Crippen LogP contribution in [0.4, 0.5) is 0 Å². The Morgan fingerprint density at radius 1 is 1.43 bits per heavy atom. The van der Waals surface area contributed by atoms with Gasteiger partial charge in [-0.3, -0.25) is 9.78 Å². The van der Waals surface area contributed by atoms with E-state index < -0.39 is 0 Å². The second-order valence-electron chi connectivity index (χ2n) is 5.40. The van der Waals surface area contributed by atoms with Gasteiger partial charge in [-0.05, 0) is 12.1 Å². The number of hydrogen-bond acceptors (Lipinski definition) is 7. The van der Waals surface area contributed by atoms with E-state index in [1.165, 1.54) is 0 Å². The van der Waals surface area contributed by atoms with E-state index in [0.717, 1.165) is 12.1 Å². The van der Waals surface area contributed by atoms with E-state index in [1.54, 1.807) is 36.5 Å². The van der Waals surface area contributed by atoms with Crippen LogP contribution in [0.15, 0.2) is 29.0 Å². The second kappa shape index (κ2) is 7.30. The summed E-state index contributed by atoms with van der Waals surface area (Å²) in [6, 6.07) is 3.60. The van der Waals surface area contributed by atoms with Gasteiger partial charge < -0.3 is 19.5 Å². The van der Waals surface area contributed by atoms with Crippen molar-refractivity contribution in [3.63, 3.8) is 0 Å². The van der Waals surface area contributed by atoms with E-state index in [2.05, 4.69) is 20.4 Å². The highest BCUT2D eigenvalue weighted by atomic mass is 16.5. The molecule has 8 nitrogen and oxygen atoms in total. The van der Waals surface area contributed by atoms with E-state index in [-0.39, 0.29) is 18.6 Å². The Bertz CT molecular complexity index is 640. The molecule has 2 aromatic rings. The highest BCUT2D eigenvalue weighted by Crippen LogP contribution is 2.15. The summed E-state index contributed by atoms with van der Waals surface area (Å²) in [5.41, 5.74) is 0.825. The van der Waals surface area contributed by atoms with E-state index in [0.29, 0.717) is 31.3 Å². The molecule has 23 heavy (non-hydrogen) atoms. The molecule has 3 rings (SSSR count). The van der Waals surface area contributed by atoms with Gasteiger partial charge in [0.1, 0.15) is 0 Å². The monoisotopic (exact) mass is 317 g/mol. The van der Waals surface area contributed by atoms with Crippen molar-refractivity contribution in [1.29, 1.82) is 0 Å². The zero-order valence-corrected chi connectivity index (χ0v) is 12.9. The van der Waals surface area contributed by atoms with Crippen molar-refractivity contribution in [3.05, 3.63) is 30.4 Å². The topological polar surface area (TPSA) is 93.4 Å². The van der Waals surface area contributed by atoms with Gasteiger partial charge in [0.25, 0.3) is 0 Å². The molecule has 3 heterocycles. The molecule has 0 aromatic carbocycles. The molecule has 1 saturated heterocycles. The lowest BCUT2D eigenvalue weighted by Gasteiger charge is -2.25. The maximum absolute atomic E-state index is 12.2. The van der Waals surface area contributed by atoms with Crippen LogP contribution in [0.1, 0.15) is 12.3 Å². The molecule has 2 aromatic heterocycles. The van der Waals surface area contributed by atoms with Crippen LogP contribution < -0.4 is 5.32 Å². The Morgan fingerprint density at radius 2 is 2.26 bits per heavy atom. The molecule has 1 atom stereocenters. The van der Waals surface area contributed by atoms with Crippen LogP contribution in [0.2, 0.25) is 0 Å². The largest absolute Gasteiger partial charge is 0.375 e. The van der Waals surface area contributed by atoms with Gasteiger partial charge in [0.15, 0.2) is 0 Å². The summed E-state index contributed by atoms with van der Waals surface area (Å²) in [5, 5.41) is 7.14. The number of aromatic nitrogens is 3. The van der Waals surface area contributed by atoms with Crippen molar-refractivity contribution in [3.8, 4) is 11.4 Å². The SMILES string of the molecule is CN(Cc1nc(-c2ccncc2)no1)C(=O)C[C@H]1CNCCO1. The molecule has 0 aliphatic carbocycles. The summed E-state index contributed by atoms with van der Waals surface area (Å²) in [6.45, 7) is 2.45. The van der Waals surface area contributed by atoms with Crippen molar-refractivity contribution < 1.29 is 14.1 Å². The molecule has 8 heteroatoms. The average molecular weight is 317 g/mol. The number of rotatable bonds is 5. The van der Waals surface area contributed by atoms with Gasteiger partial charge in [0.05, 0.1) is 25.7 Å². The van der Waals surface area contributed by atoms with Crippen LogP contribution in [0.5, 0.6) is 0 Å². The lowest BCUT2D eigenvalue weighted by Crippen LogP contribution is -2.41. The number of nitrogens with one attached hydrogen (secondary N) is 1. The first-order valence-corrected chi connectivity index (χ1v) is 7.51. The number of nitrogens with zero attached hydrogens (tertiary/aromatic N) is 4. The summed E-state index contributed by atoms with van der Waals surface area (Å²) >= 11 is 0. The Hall–Kier alpha value is -2.32. The number of ether oxygens (including phenoxy) is 1. The summed E-state index contributed by atoms with van der Waals surface area (Å²) in [5.74, 6) is 0.876. The summed E-state index contributed by atoms with van der Waals surface area (Å²) in [6.07, 6.45) is 3.60. The smallest absolute Gasteiger partial charge is 0.246 e. The van der Waals surface area contributed by atoms with Crippen molar-refractivity contribution in [2.24, 2.45) is 0 Å². The number of carbonyl (C=O) groups excluding carboxylic acids is 1. The molecule has 122 valence electrons. The predicted molar refractivity (Wildman–Crippen MR) is 81.2 cm³/mol. The van der Waals surface area contributed by atoms with Crippen LogP contribution in [0.3, 0.4) is 0 Å². The Balaban J connectivity index is 1.56. The van der Waals surface area contributed by atoms with Gasteiger partial charge in [-0.25, -0.2) is 0 Å². The molecular formula is C15H19N5O3. The number of pyridine rings is 1. The van der Waals surface area contributed by atoms with E-state index in [1.807, 2.05) is 0 Å². The average Bonchev–Trinajstić information content (AvgIpc) is 3.05. The van der Waals surface area contributed by atoms with Crippen LogP contribution in [0, 0.1) is 0 Å². The van der Waals surface area contributed by atoms with Gasteiger partial charge in [0.2, 0.25) is 17.6 Å². The number of morpholine rings is 1. The molecule has 1 N–H and O–H groups in total.